The summed E-state index contributed by atoms with van der Waals surface area (Å²) >= 11 is 5.80. The number of nitrogens with zero attached hydrogens (tertiary/aromatic N) is 2. The Kier molecular flexibility index (Phi) is 4.63. The van der Waals surface area contributed by atoms with Crippen molar-refractivity contribution in [3.63, 3.8) is 0 Å². The molecule has 1 aromatic heterocycles. The first-order valence-corrected chi connectivity index (χ1v) is 6.73. The summed E-state index contributed by atoms with van der Waals surface area (Å²) in [6.45, 7) is 6.94. The molecule has 2 rings (SSSR count). The number of halogens is 1. The molecular formula is C13H20ClN3. The molecule has 0 aromatic carbocycles. The summed E-state index contributed by atoms with van der Waals surface area (Å²) in [5, 5.41) is 4.07. The second-order valence-corrected chi connectivity index (χ2v) is 5.13. The number of aromatic nitrogens is 1. The molecule has 0 saturated carbocycles. The van der Waals surface area contributed by atoms with Gasteiger partial charge in [0.25, 0.3) is 0 Å². The Bertz CT molecular complexity index is 339. The number of hydrogen-bond donors (Lipinski definition) is 1. The van der Waals surface area contributed by atoms with E-state index in [0.717, 1.165) is 18.3 Å². The largest absolute Gasteiger partial charge is 0.370 e. The van der Waals surface area contributed by atoms with Gasteiger partial charge in [-0.3, -0.25) is 0 Å². The zero-order valence-electron chi connectivity index (χ0n) is 10.3. The third-order valence-electron chi connectivity index (χ3n) is 3.21. The number of pyridine rings is 1. The van der Waals surface area contributed by atoms with Gasteiger partial charge in [0.2, 0.25) is 0 Å². The first kappa shape index (κ1) is 12.7. The molecule has 17 heavy (non-hydrogen) atoms. The van der Waals surface area contributed by atoms with Crippen LogP contribution < -0.4 is 5.32 Å². The number of likely N-dealkylation sites (tertiary alicyclic amines) is 1. The summed E-state index contributed by atoms with van der Waals surface area (Å²) in [5.74, 6) is 1.67. The van der Waals surface area contributed by atoms with E-state index >= 15 is 0 Å². The van der Waals surface area contributed by atoms with Gasteiger partial charge in [-0.1, -0.05) is 18.5 Å². The minimum Gasteiger partial charge on any atom is -0.370 e. The minimum absolute atomic E-state index is 0.686. The molecule has 4 heteroatoms. The van der Waals surface area contributed by atoms with Crippen molar-refractivity contribution in [3.8, 4) is 0 Å². The molecule has 0 radical (unpaired) electrons. The van der Waals surface area contributed by atoms with Crippen LogP contribution in [0, 0.1) is 5.92 Å². The molecule has 1 saturated heterocycles. The van der Waals surface area contributed by atoms with Crippen molar-refractivity contribution in [2.75, 3.05) is 31.5 Å². The van der Waals surface area contributed by atoms with Crippen molar-refractivity contribution < 1.29 is 0 Å². The second-order valence-electron chi connectivity index (χ2n) is 4.70. The van der Waals surface area contributed by atoms with Gasteiger partial charge in [0.1, 0.15) is 5.82 Å². The molecule has 1 aromatic rings. The van der Waals surface area contributed by atoms with E-state index in [1.807, 2.05) is 12.1 Å². The quantitative estimate of drug-likeness (QED) is 0.875. The minimum atomic E-state index is 0.686. The Morgan fingerprint density at radius 3 is 3.12 bits per heavy atom. The maximum atomic E-state index is 5.80. The van der Waals surface area contributed by atoms with Gasteiger partial charge in [-0.25, -0.2) is 4.98 Å². The average Bonchev–Trinajstić information content (AvgIpc) is 2.77. The van der Waals surface area contributed by atoms with E-state index in [9.17, 15) is 0 Å². The van der Waals surface area contributed by atoms with Crippen molar-refractivity contribution in [1.29, 1.82) is 0 Å². The van der Waals surface area contributed by atoms with Crippen molar-refractivity contribution in [1.82, 2.24) is 9.88 Å². The lowest BCUT2D eigenvalue weighted by atomic mass is 10.1. The molecule has 3 nitrogen and oxygen atoms in total. The van der Waals surface area contributed by atoms with E-state index in [-0.39, 0.29) is 0 Å². The topological polar surface area (TPSA) is 28.2 Å². The van der Waals surface area contributed by atoms with E-state index in [1.165, 1.54) is 32.5 Å². The van der Waals surface area contributed by atoms with Crippen LogP contribution in [0.4, 0.5) is 5.82 Å². The summed E-state index contributed by atoms with van der Waals surface area (Å²) in [7, 11) is 0. The lowest BCUT2D eigenvalue weighted by molar-refractivity contribution is 0.327. The van der Waals surface area contributed by atoms with Gasteiger partial charge < -0.3 is 10.2 Å². The van der Waals surface area contributed by atoms with E-state index in [1.54, 1.807) is 6.20 Å². The van der Waals surface area contributed by atoms with E-state index in [4.69, 9.17) is 11.6 Å². The molecule has 1 atom stereocenters. The van der Waals surface area contributed by atoms with Crippen LogP contribution in [-0.4, -0.2) is 36.1 Å². The van der Waals surface area contributed by atoms with Gasteiger partial charge in [0.15, 0.2) is 0 Å². The SMILES string of the molecule is CCCN1CCC(CNc2ccc(Cl)cn2)C1. The van der Waals surface area contributed by atoms with E-state index < -0.39 is 0 Å². The fourth-order valence-electron chi connectivity index (χ4n) is 2.33. The standard InChI is InChI=1S/C13H20ClN3/c1-2-6-17-7-5-11(10-17)8-15-13-4-3-12(14)9-16-13/h3-4,9,11H,2,5-8,10H2,1H3,(H,15,16). The van der Waals surface area contributed by atoms with Crippen LogP contribution >= 0.6 is 11.6 Å². The summed E-state index contributed by atoms with van der Waals surface area (Å²) < 4.78 is 0. The Morgan fingerprint density at radius 1 is 1.53 bits per heavy atom. The monoisotopic (exact) mass is 253 g/mol. The van der Waals surface area contributed by atoms with Crippen LogP contribution in [-0.2, 0) is 0 Å². The fourth-order valence-corrected chi connectivity index (χ4v) is 2.44. The highest BCUT2D eigenvalue weighted by Gasteiger charge is 2.21. The van der Waals surface area contributed by atoms with Crippen LogP contribution in [0.5, 0.6) is 0 Å². The van der Waals surface area contributed by atoms with Crippen LogP contribution in [0.25, 0.3) is 0 Å². The average molecular weight is 254 g/mol. The number of anilines is 1. The Labute approximate surface area is 108 Å². The van der Waals surface area contributed by atoms with Gasteiger partial charge in [-0.05, 0) is 44.0 Å². The van der Waals surface area contributed by atoms with Crippen molar-refractivity contribution >= 4 is 17.4 Å². The third-order valence-corrected chi connectivity index (χ3v) is 3.43. The van der Waals surface area contributed by atoms with Gasteiger partial charge in [-0.2, -0.15) is 0 Å². The highest BCUT2D eigenvalue weighted by molar-refractivity contribution is 6.30. The predicted octanol–water partition coefficient (Wildman–Crippen LogP) is 2.88. The molecule has 0 aliphatic carbocycles. The normalized spacial score (nSPS) is 20.7. The van der Waals surface area contributed by atoms with Gasteiger partial charge >= 0.3 is 0 Å². The molecule has 1 aliphatic rings. The summed E-state index contributed by atoms with van der Waals surface area (Å²) in [6.07, 6.45) is 4.22. The number of hydrogen-bond acceptors (Lipinski definition) is 3. The molecule has 0 amide bonds. The van der Waals surface area contributed by atoms with Gasteiger partial charge in [0.05, 0.1) is 5.02 Å². The van der Waals surface area contributed by atoms with Crippen LogP contribution in [0.1, 0.15) is 19.8 Å². The Hall–Kier alpha value is -0.800. The first-order valence-electron chi connectivity index (χ1n) is 6.35. The fraction of sp³-hybridized carbons (Fsp3) is 0.615. The molecule has 1 N–H and O–H groups in total. The summed E-state index contributed by atoms with van der Waals surface area (Å²) in [5.41, 5.74) is 0. The molecule has 2 heterocycles. The van der Waals surface area contributed by atoms with Crippen LogP contribution in [0.2, 0.25) is 5.02 Å². The van der Waals surface area contributed by atoms with E-state index in [0.29, 0.717) is 5.02 Å². The maximum absolute atomic E-state index is 5.80. The van der Waals surface area contributed by atoms with Gasteiger partial charge in [-0.15, -0.1) is 0 Å². The molecule has 94 valence electrons. The maximum Gasteiger partial charge on any atom is 0.125 e. The second kappa shape index (κ2) is 6.22. The van der Waals surface area contributed by atoms with E-state index in [2.05, 4.69) is 22.1 Å². The zero-order valence-corrected chi connectivity index (χ0v) is 11.1. The Balaban J connectivity index is 1.74. The lowest BCUT2D eigenvalue weighted by Crippen LogP contribution is -2.23. The number of nitrogens with one attached hydrogen (secondary N) is 1. The first-order chi connectivity index (χ1) is 8.28. The highest BCUT2D eigenvalue weighted by atomic mass is 35.5. The van der Waals surface area contributed by atoms with Crippen molar-refractivity contribution in [3.05, 3.63) is 23.4 Å². The zero-order chi connectivity index (χ0) is 12.1. The van der Waals surface area contributed by atoms with Crippen LogP contribution in [0.15, 0.2) is 18.3 Å². The number of rotatable bonds is 5. The molecular weight excluding hydrogens is 234 g/mol. The van der Waals surface area contributed by atoms with Crippen molar-refractivity contribution in [2.24, 2.45) is 5.92 Å². The smallest absolute Gasteiger partial charge is 0.125 e. The summed E-state index contributed by atoms with van der Waals surface area (Å²) in [4.78, 5) is 6.78. The molecule has 0 spiro atoms. The third kappa shape index (κ3) is 3.86. The van der Waals surface area contributed by atoms with Crippen molar-refractivity contribution in [2.45, 2.75) is 19.8 Å². The highest BCUT2D eigenvalue weighted by Crippen LogP contribution is 2.17. The molecule has 1 fully saturated rings. The lowest BCUT2D eigenvalue weighted by Gasteiger charge is -2.15. The van der Waals surface area contributed by atoms with Crippen LogP contribution in [0.3, 0.4) is 0 Å². The van der Waals surface area contributed by atoms with Gasteiger partial charge in [0, 0.05) is 19.3 Å². The molecule has 0 bridgehead atoms. The summed E-state index contributed by atoms with van der Waals surface area (Å²) in [6, 6.07) is 3.80. The molecule has 1 unspecified atom stereocenters. The molecule has 1 aliphatic heterocycles. The Morgan fingerprint density at radius 2 is 2.41 bits per heavy atom. The predicted molar refractivity (Wildman–Crippen MR) is 72.6 cm³/mol.